The Labute approximate surface area is 103 Å². The molecule has 0 spiro atoms. The van der Waals surface area contributed by atoms with Crippen molar-refractivity contribution in [1.82, 2.24) is 25.9 Å². The van der Waals surface area contributed by atoms with Crippen molar-refractivity contribution in [2.24, 2.45) is 11.3 Å². The second kappa shape index (κ2) is 4.72. The zero-order chi connectivity index (χ0) is 12.5. The van der Waals surface area contributed by atoms with E-state index in [0.717, 1.165) is 11.7 Å². The van der Waals surface area contributed by atoms with Crippen molar-refractivity contribution in [2.75, 3.05) is 0 Å². The molecule has 5 heteroatoms. The molecule has 0 saturated heterocycles. The van der Waals surface area contributed by atoms with Crippen LogP contribution in [0, 0.1) is 11.3 Å². The minimum atomic E-state index is 0.167. The second-order valence-corrected chi connectivity index (χ2v) is 6.27. The Balaban J connectivity index is 1.94. The van der Waals surface area contributed by atoms with E-state index in [0.29, 0.717) is 11.5 Å². The van der Waals surface area contributed by atoms with Crippen LogP contribution in [-0.4, -0.2) is 26.7 Å². The van der Waals surface area contributed by atoms with E-state index in [2.05, 4.69) is 53.6 Å². The maximum absolute atomic E-state index is 4.03. The van der Waals surface area contributed by atoms with E-state index in [1.165, 1.54) is 19.3 Å². The Morgan fingerprint density at radius 3 is 2.76 bits per heavy atom. The van der Waals surface area contributed by atoms with Crippen molar-refractivity contribution in [3.05, 3.63) is 5.82 Å². The lowest BCUT2D eigenvalue weighted by Crippen LogP contribution is -2.41. The number of nitrogens with zero attached hydrogens (tertiary/aromatic N) is 3. The molecule has 1 aliphatic rings. The van der Waals surface area contributed by atoms with Gasteiger partial charge in [-0.05, 0) is 37.5 Å². The average molecular weight is 237 g/mol. The molecule has 0 bridgehead atoms. The first-order valence-electron chi connectivity index (χ1n) is 6.46. The summed E-state index contributed by atoms with van der Waals surface area (Å²) in [7, 11) is 0. The fraction of sp³-hybridized carbons (Fsp3) is 0.917. The molecule has 0 aliphatic heterocycles. The van der Waals surface area contributed by atoms with E-state index in [1.807, 2.05) is 0 Å². The largest absolute Gasteiger partial charge is 0.305 e. The Morgan fingerprint density at radius 1 is 1.41 bits per heavy atom. The van der Waals surface area contributed by atoms with Crippen molar-refractivity contribution in [3.8, 4) is 0 Å². The summed E-state index contributed by atoms with van der Waals surface area (Å²) >= 11 is 0. The molecule has 0 aromatic carbocycles. The fourth-order valence-corrected chi connectivity index (χ4v) is 3.25. The number of rotatable bonds is 3. The standard InChI is InChI=1S/C12H23N5/c1-8-5-10(7-12(3,4)6-8)13-9(2)11-14-16-17-15-11/h8-10,13H,5-7H2,1-4H3,(H,14,15,16,17). The lowest BCUT2D eigenvalue weighted by molar-refractivity contribution is 0.145. The summed E-state index contributed by atoms with van der Waals surface area (Å²) < 4.78 is 0. The molecule has 3 unspecified atom stereocenters. The van der Waals surface area contributed by atoms with E-state index in [4.69, 9.17) is 0 Å². The van der Waals surface area contributed by atoms with Crippen LogP contribution >= 0.6 is 0 Å². The predicted molar refractivity (Wildman–Crippen MR) is 66.3 cm³/mol. The SMILES string of the molecule is CC1CC(NC(C)c2nn[nH]n2)CC(C)(C)C1. The molecular formula is C12H23N5. The van der Waals surface area contributed by atoms with Crippen LogP contribution in [0.25, 0.3) is 0 Å². The number of nitrogens with one attached hydrogen (secondary N) is 2. The molecule has 2 N–H and O–H groups in total. The van der Waals surface area contributed by atoms with Gasteiger partial charge in [-0.2, -0.15) is 5.21 Å². The third-order valence-corrected chi connectivity index (χ3v) is 3.62. The third kappa shape index (κ3) is 3.25. The van der Waals surface area contributed by atoms with E-state index in [9.17, 15) is 0 Å². The van der Waals surface area contributed by atoms with Crippen molar-refractivity contribution in [3.63, 3.8) is 0 Å². The highest BCUT2D eigenvalue weighted by Gasteiger charge is 2.32. The Hall–Kier alpha value is -0.970. The summed E-state index contributed by atoms with van der Waals surface area (Å²) in [4.78, 5) is 0. The maximum atomic E-state index is 4.03. The second-order valence-electron chi connectivity index (χ2n) is 6.27. The van der Waals surface area contributed by atoms with Gasteiger partial charge in [-0.25, -0.2) is 0 Å². The van der Waals surface area contributed by atoms with Crippen LogP contribution in [0.1, 0.15) is 58.8 Å². The summed E-state index contributed by atoms with van der Waals surface area (Å²) in [5, 5.41) is 17.8. The Morgan fingerprint density at radius 2 is 2.18 bits per heavy atom. The molecule has 1 aromatic heterocycles. The molecule has 3 atom stereocenters. The highest BCUT2D eigenvalue weighted by Crippen LogP contribution is 2.38. The van der Waals surface area contributed by atoms with Crippen molar-refractivity contribution in [2.45, 2.75) is 59.0 Å². The minimum Gasteiger partial charge on any atom is -0.305 e. The molecular weight excluding hydrogens is 214 g/mol. The number of aromatic nitrogens is 4. The molecule has 17 heavy (non-hydrogen) atoms. The normalized spacial score (nSPS) is 30.1. The van der Waals surface area contributed by atoms with Gasteiger partial charge in [-0.3, -0.25) is 0 Å². The monoisotopic (exact) mass is 237 g/mol. The van der Waals surface area contributed by atoms with Crippen molar-refractivity contribution in [1.29, 1.82) is 0 Å². The maximum Gasteiger partial charge on any atom is 0.191 e. The first-order valence-corrected chi connectivity index (χ1v) is 6.46. The smallest absolute Gasteiger partial charge is 0.191 e. The molecule has 96 valence electrons. The summed E-state index contributed by atoms with van der Waals surface area (Å²) in [6.07, 6.45) is 3.78. The Kier molecular flexibility index (Phi) is 3.47. The zero-order valence-electron chi connectivity index (χ0n) is 11.2. The van der Waals surface area contributed by atoms with Gasteiger partial charge in [0.25, 0.3) is 0 Å². The summed E-state index contributed by atoms with van der Waals surface area (Å²) in [6, 6.07) is 0.724. The first kappa shape index (κ1) is 12.5. The lowest BCUT2D eigenvalue weighted by Gasteiger charge is -2.40. The quantitative estimate of drug-likeness (QED) is 0.844. The minimum absolute atomic E-state index is 0.167. The van der Waals surface area contributed by atoms with Crippen LogP contribution in [0.3, 0.4) is 0 Å². The molecule has 1 aromatic rings. The topological polar surface area (TPSA) is 66.5 Å². The van der Waals surface area contributed by atoms with Gasteiger partial charge in [0, 0.05) is 6.04 Å². The van der Waals surface area contributed by atoms with Crippen LogP contribution in [-0.2, 0) is 0 Å². The fourth-order valence-electron chi connectivity index (χ4n) is 3.25. The number of tetrazole rings is 1. The Bertz CT molecular complexity index is 346. The molecule has 0 radical (unpaired) electrons. The molecule has 1 aliphatic carbocycles. The van der Waals surface area contributed by atoms with Gasteiger partial charge in [0.15, 0.2) is 5.82 Å². The van der Waals surface area contributed by atoms with Gasteiger partial charge in [-0.15, -0.1) is 10.2 Å². The van der Waals surface area contributed by atoms with Gasteiger partial charge >= 0.3 is 0 Å². The van der Waals surface area contributed by atoms with Crippen molar-refractivity contribution < 1.29 is 0 Å². The zero-order valence-corrected chi connectivity index (χ0v) is 11.2. The van der Waals surface area contributed by atoms with Gasteiger partial charge < -0.3 is 5.32 Å². The van der Waals surface area contributed by atoms with E-state index in [1.54, 1.807) is 0 Å². The predicted octanol–water partition coefficient (Wildman–Crippen LogP) is 2.07. The average Bonchev–Trinajstić information content (AvgIpc) is 2.65. The van der Waals surface area contributed by atoms with Crippen LogP contribution in [0.5, 0.6) is 0 Å². The highest BCUT2D eigenvalue weighted by atomic mass is 15.5. The van der Waals surface area contributed by atoms with Gasteiger partial charge in [0.1, 0.15) is 0 Å². The van der Waals surface area contributed by atoms with E-state index >= 15 is 0 Å². The van der Waals surface area contributed by atoms with Crippen LogP contribution in [0.4, 0.5) is 0 Å². The van der Waals surface area contributed by atoms with E-state index < -0.39 is 0 Å². The van der Waals surface area contributed by atoms with Crippen LogP contribution in [0.15, 0.2) is 0 Å². The molecule has 2 rings (SSSR count). The molecule has 5 nitrogen and oxygen atoms in total. The van der Waals surface area contributed by atoms with Gasteiger partial charge in [0.2, 0.25) is 0 Å². The molecule has 1 fully saturated rings. The van der Waals surface area contributed by atoms with E-state index in [-0.39, 0.29) is 6.04 Å². The van der Waals surface area contributed by atoms with Crippen LogP contribution in [0.2, 0.25) is 0 Å². The number of hydrogen-bond acceptors (Lipinski definition) is 4. The third-order valence-electron chi connectivity index (χ3n) is 3.62. The first-order chi connectivity index (χ1) is 7.96. The molecule has 1 saturated carbocycles. The lowest BCUT2D eigenvalue weighted by atomic mass is 9.70. The number of H-pyrrole nitrogens is 1. The highest BCUT2D eigenvalue weighted by molar-refractivity contribution is 4.92. The summed E-state index contributed by atoms with van der Waals surface area (Å²) in [5.74, 6) is 1.54. The van der Waals surface area contributed by atoms with Gasteiger partial charge in [-0.1, -0.05) is 26.0 Å². The number of hydrogen-bond donors (Lipinski definition) is 2. The molecule has 1 heterocycles. The van der Waals surface area contributed by atoms with Crippen molar-refractivity contribution >= 4 is 0 Å². The summed E-state index contributed by atoms with van der Waals surface area (Å²) in [6.45, 7) is 9.15. The summed E-state index contributed by atoms with van der Waals surface area (Å²) in [5.41, 5.74) is 0.437. The van der Waals surface area contributed by atoms with Gasteiger partial charge in [0.05, 0.1) is 6.04 Å². The molecule has 0 amide bonds. The number of aromatic amines is 1. The van der Waals surface area contributed by atoms with Crippen LogP contribution < -0.4 is 5.32 Å².